The highest BCUT2D eigenvalue weighted by molar-refractivity contribution is 6.40. The zero-order valence-electron chi connectivity index (χ0n) is 22.9. The summed E-state index contributed by atoms with van der Waals surface area (Å²) in [4.78, 5) is 63.9. The number of amides is 4. The molecular weight excluding hydrogens is 576 g/mol. The summed E-state index contributed by atoms with van der Waals surface area (Å²) >= 11 is 0. The highest BCUT2D eigenvalue weighted by atomic mass is 19.2. The van der Waals surface area contributed by atoms with E-state index in [4.69, 9.17) is 4.74 Å². The molecule has 2 aromatic carbocycles. The van der Waals surface area contributed by atoms with Crippen molar-refractivity contribution in [2.24, 2.45) is 11.8 Å². The van der Waals surface area contributed by atoms with Gasteiger partial charge in [0.05, 0.1) is 6.04 Å². The number of benzene rings is 2. The Morgan fingerprint density at radius 3 is 2.14 bits per heavy atom. The van der Waals surface area contributed by atoms with Gasteiger partial charge < -0.3 is 26.0 Å². The number of carbonyl (C=O) groups excluding carboxylic acids is 5. The molecule has 4 N–H and O–H groups in total. The molecule has 230 valence electrons. The van der Waals surface area contributed by atoms with Crippen molar-refractivity contribution in [3.05, 3.63) is 59.7 Å². The largest absolute Gasteiger partial charge is 0.479 e. The number of anilines is 1. The van der Waals surface area contributed by atoms with Crippen LogP contribution in [-0.2, 0) is 24.0 Å². The Kier molecular flexibility index (Phi) is 10.3. The van der Waals surface area contributed by atoms with Crippen LogP contribution in [0.15, 0.2) is 36.4 Å². The van der Waals surface area contributed by atoms with Crippen LogP contribution in [0, 0.1) is 35.1 Å². The Hall–Kier alpha value is -4.49. The molecule has 43 heavy (non-hydrogen) atoms. The molecule has 1 aliphatic carbocycles. The van der Waals surface area contributed by atoms with Crippen LogP contribution in [0.2, 0.25) is 0 Å². The van der Waals surface area contributed by atoms with Crippen molar-refractivity contribution in [2.75, 3.05) is 18.5 Å². The van der Waals surface area contributed by atoms with Crippen LogP contribution in [0.5, 0.6) is 5.75 Å². The van der Waals surface area contributed by atoms with E-state index in [9.17, 15) is 41.5 Å². The monoisotopic (exact) mass is 606 g/mol. The number of rotatable bonds is 12. The lowest BCUT2D eigenvalue weighted by atomic mass is 9.80. The lowest BCUT2D eigenvalue weighted by Crippen LogP contribution is -2.55. The normalized spacial score (nSPS) is 17.7. The fraction of sp³-hybridized carbons (Fsp3) is 0.414. The maximum absolute atomic E-state index is 14.1. The molecule has 1 saturated carbocycles. The molecular formula is C29H30F4N4O6. The Morgan fingerprint density at radius 1 is 0.884 bits per heavy atom. The third-order valence-corrected chi connectivity index (χ3v) is 7.47. The molecule has 2 aromatic rings. The number of carbonyl (C=O) groups is 5. The zero-order chi connectivity index (χ0) is 31.1. The second-order valence-corrected chi connectivity index (χ2v) is 10.5. The molecule has 10 nitrogen and oxygen atoms in total. The molecule has 4 rings (SSSR count). The summed E-state index contributed by atoms with van der Waals surface area (Å²) in [5.41, 5.74) is 0.356. The summed E-state index contributed by atoms with van der Waals surface area (Å²) in [6, 6.07) is 5.46. The summed E-state index contributed by atoms with van der Waals surface area (Å²) in [6.07, 6.45) is 2.77. The van der Waals surface area contributed by atoms with E-state index < -0.39 is 77.1 Å². The Labute approximate surface area is 243 Å². The van der Waals surface area contributed by atoms with E-state index in [2.05, 4.69) is 21.3 Å². The first kappa shape index (κ1) is 31.4. The van der Waals surface area contributed by atoms with Gasteiger partial charge in [0.15, 0.2) is 23.2 Å². The van der Waals surface area contributed by atoms with Gasteiger partial charge in [0.2, 0.25) is 23.4 Å². The first-order valence-corrected chi connectivity index (χ1v) is 13.8. The predicted octanol–water partition coefficient (Wildman–Crippen LogP) is 2.52. The van der Waals surface area contributed by atoms with E-state index in [1.54, 1.807) is 30.3 Å². The number of para-hydroxylation sites is 1. The van der Waals surface area contributed by atoms with Crippen molar-refractivity contribution >= 4 is 35.1 Å². The number of halogens is 4. The van der Waals surface area contributed by atoms with Gasteiger partial charge in [0.1, 0.15) is 12.6 Å². The molecule has 2 fully saturated rings. The second kappa shape index (κ2) is 14.1. The third-order valence-electron chi connectivity index (χ3n) is 7.47. The number of nitrogens with one attached hydrogen (secondary N) is 4. The van der Waals surface area contributed by atoms with E-state index in [0.29, 0.717) is 18.7 Å². The topological polar surface area (TPSA) is 143 Å². The van der Waals surface area contributed by atoms with Gasteiger partial charge in [-0.3, -0.25) is 24.0 Å². The average molecular weight is 607 g/mol. The van der Waals surface area contributed by atoms with E-state index in [0.717, 1.165) is 19.3 Å². The number of ketones is 1. The molecule has 1 heterocycles. The summed E-state index contributed by atoms with van der Waals surface area (Å²) in [7, 11) is 0. The Balaban J connectivity index is 1.48. The fourth-order valence-corrected chi connectivity index (χ4v) is 4.85. The fourth-order valence-electron chi connectivity index (χ4n) is 4.85. The average Bonchev–Trinajstić information content (AvgIpc) is 3.36. The molecule has 0 aromatic heterocycles. The SMILES string of the molecule is O=C(Nc1ccccc1)C(=O)N[C@@H](CC1CCC1)C(=O)N[C@@H](C[C@@H]1CCNC1=O)C(=O)COc1c(F)c(F)cc(F)c1F. The molecule has 0 spiro atoms. The van der Waals surface area contributed by atoms with Crippen LogP contribution in [0.3, 0.4) is 0 Å². The van der Waals surface area contributed by atoms with Gasteiger partial charge >= 0.3 is 11.8 Å². The van der Waals surface area contributed by atoms with Crippen LogP contribution < -0.4 is 26.0 Å². The summed E-state index contributed by atoms with van der Waals surface area (Å²) in [6.45, 7) is -0.778. The van der Waals surface area contributed by atoms with Crippen LogP contribution in [0.25, 0.3) is 0 Å². The first-order chi connectivity index (χ1) is 20.5. The van der Waals surface area contributed by atoms with E-state index >= 15 is 0 Å². The van der Waals surface area contributed by atoms with Gasteiger partial charge in [-0.1, -0.05) is 37.5 Å². The van der Waals surface area contributed by atoms with Crippen LogP contribution in [0.1, 0.15) is 38.5 Å². The highest BCUT2D eigenvalue weighted by Crippen LogP contribution is 2.31. The minimum Gasteiger partial charge on any atom is -0.479 e. The lowest BCUT2D eigenvalue weighted by Gasteiger charge is -2.30. The van der Waals surface area contributed by atoms with Crippen LogP contribution >= 0.6 is 0 Å². The summed E-state index contributed by atoms with van der Waals surface area (Å²) < 4.78 is 60.1. The van der Waals surface area contributed by atoms with Crippen molar-refractivity contribution in [3.8, 4) is 5.75 Å². The van der Waals surface area contributed by atoms with Crippen LogP contribution in [0.4, 0.5) is 23.2 Å². The predicted molar refractivity (Wildman–Crippen MR) is 143 cm³/mol. The molecule has 0 radical (unpaired) electrons. The molecule has 1 aliphatic heterocycles. The van der Waals surface area contributed by atoms with E-state index in [-0.39, 0.29) is 30.7 Å². The van der Waals surface area contributed by atoms with Crippen LogP contribution in [-0.4, -0.2) is 54.6 Å². The second-order valence-electron chi connectivity index (χ2n) is 10.5. The quantitative estimate of drug-likeness (QED) is 0.166. The van der Waals surface area contributed by atoms with E-state index in [1.807, 2.05) is 0 Å². The minimum atomic E-state index is -1.85. The molecule has 3 atom stereocenters. The third kappa shape index (κ3) is 8.08. The smallest absolute Gasteiger partial charge is 0.313 e. The molecule has 1 saturated heterocycles. The van der Waals surface area contributed by atoms with Gasteiger partial charge in [0, 0.05) is 24.2 Å². The van der Waals surface area contributed by atoms with Gasteiger partial charge in [0.25, 0.3) is 0 Å². The Bertz CT molecular complexity index is 1360. The molecule has 0 bridgehead atoms. The Morgan fingerprint density at radius 2 is 1.56 bits per heavy atom. The van der Waals surface area contributed by atoms with Gasteiger partial charge in [-0.05, 0) is 37.3 Å². The van der Waals surface area contributed by atoms with Crippen molar-refractivity contribution in [1.82, 2.24) is 16.0 Å². The summed E-state index contributed by atoms with van der Waals surface area (Å²) in [5, 5.41) is 9.88. The number of hydrogen-bond acceptors (Lipinski definition) is 6. The maximum atomic E-state index is 14.1. The standard InChI is InChI=1S/C29H30F4N4O6/c30-18-13-19(31)24(33)25(23(18)32)43-14-22(38)20(12-16-9-10-34-26(16)39)36-27(40)21(11-15-5-4-6-15)37-29(42)28(41)35-17-7-2-1-3-8-17/h1-3,7-8,13,15-16,20-21H,4-6,9-12,14H2,(H,34,39)(H,35,41)(H,36,40)(H,37,42)/t16-,20-,21-/m0/s1. The first-order valence-electron chi connectivity index (χ1n) is 13.8. The van der Waals surface area contributed by atoms with Gasteiger partial charge in [-0.2, -0.15) is 8.78 Å². The molecule has 4 amide bonds. The highest BCUT2D eigenvalue weighted by Gasteiger charge is 2.35. The number of hydrogen-bond donors (Lipinski definition) is 4. The number of Topliss-reactive ketones (excluding diaryl/α,β-unsaturated/α-hetero) is 1. The van der Waals surface area contributed by atoms with Crippen molar-refractivity contribution in [1.29, 1.82) is 0 Å². The summed E-state index contributed by atoms with van der Waals surface area (Å²) in [5.74, 6) is -13.5. The minimum absolute atomic E-state index is 0.0161. The number of ether oxygens (including phenoxy) is 1. The maximum Gasteiger partial charge on any atom is 0.313 e. The van der Waals surface area contributed by atoms with Gasteiger partial charge in [-0.25, -0.2) is 8.78 Å². The zero-order valence-corrected chi connectivity index (χ0v) is 22.9. The van der Waals surface area contributed by atoms with E-state index in [1.165, 1.54) is 0 Å². The molecule has 2 aliphatic rings. The van der Waals surface area contributed by atoms with Crippen molar-refractivity contribution < 1.29 is 46.3 Å². The molecule has 14 heteroatoms. The van der Waals surface area contributed by atoms with Crippen molar-refractivity contribution in [2.45, 2.75) is 50.6 Å². The van der Waals surface area contributed by atoms with Gasteiger partial charge in [-0.15, -0.1) is 0 Å². The molecule has 0 unspecified atom stereocenters. The lowest BCUT2D eigenvalue weighted by molar-refractivity contribution is -0.138. The van der Waals surface area contributed by atoms with Crippen molar-refractivity contribution in [3.63, 3.8) is 0 Å².